The first kappa shape index (κ1) is 20.9. The van der Waals surface area contributed by atoms with Gasteiger partial charge >= 0.3 is 0 Å². The van der Waals surface area contributed by atoms with Crippen LogP contribution in [0.1, 0.15) is 21.5 Å². The Morgan fingerprint density at radius 3 is 2.52 bits per heavy atom. The quantitative estimate of drug-likeness (QED) is 0.475. The van der Waals surface area contributed by atoms with Crippen LogP contribution in [0.5, 0.6) is 5.75 Å². The lowest BCUT2D eigenvalue weighted by molar-refractivity contribution is 0.0964. The zero-order valence-electron chi connectivity index (χ0n) is 16.7. The number of amides is 1. The van der Waals surface area contributed by atoms with Crippen molar-refractivity contribution in [1.82, 2.24) is 15.3 Å². The van der Waals surface area contributed by atoms with Gasteiger partial charge in [-0.1, -0.05) is 6.07 Å². The van der Waals surface area contributed by atoms with Gasteiger partial charge < -0.3 is 26.4 Å². The number of carbonyl (C=O) groups is 1. The molecule has 0 fully saturated rings. The summed E-state index contributed by atoms with van der Waals surface area (Å²) in [5.74, 6) is 0.627. The molecule has 10 heteroatoms. The average molecular weight is 414 g/mol. The molecule has 3 rings (SSSR count). The fraction of sp³-hybridized carbons (Fsp3) is 0.0952. The second-order valence-electron chi connectivity index (χ2n) is 6.19. The lowest BCUT2D eigenvalue weighted by Gasteiger charge is -2.17. The zero-order chi connectivity index (χ0) is 22.4. The number of nitriles is 2. The molecule has 154 valence electrons. The number of nitrogens with one attached hydrogen (secondary N) is 3. The average Bonchev–Trinajstić information content (AvgIpc) is 2.78. The van der Waals surface area contributed by atoms with Gasteiger partial charge in [0.05, 0.1) is 29.6 Å². The number of ether oxygens (including phenoxy) is 1. The largest absolute Gasteiger partial charge is 0.493 e. The van der Waals surface area contributed by atoms with E-state index in [1.165, 1.54) is 20.4 Å². The fourth-order valence-electron chi connectivity index (χ4n) is 2.84. The summed E-state index contributed by atoms with van der Waals surface area (Å²) in [4.78, 5) is 20.8. The van der Waals surface area contributed by atoms with Crippen molar-refractivity contribution in [1.29, 1.82) is 10.5 Å². The van der Waals surface area contributed by atoms with Gasteiger partial charge in [0.15, 0.2) is 5.75 Å². The molecule has 0 saturated carbocycles. The molecular formula is C21H18N8O2. The molecule has 10 nitrogen and oxygen atoms in total. The van der Waals surface area contributed by atoms with Gasteiger partial charge in [-0.15, -0.1) is 0 Å². The van der Waals surface area contributed by atoms with Crippen molar-refractivity contribution >= 4 is 34.7 Å². The third-order valence-corrected chi connectivity index (χ3v) is 4.26. The number of nitrogens with two attached hydrogens (primary N) is 1. The molecule has 0 saturated heterocycles. The first-order valence-corrected chi connectivity index (χ1v) is 9.00. The van der Waals surface area contributed by atoms with Crippen LogP contribution in [0.4, 0.5) is 28.8 Å². The molecule has 0 unspecified atom stereocenters. The van der Waals surface area contributed by atoms with Gasteiger partial charge in [-0.05, 0) is 24.3 Å². The van der Waals surface area contributed by atoms with Gasteiger partial charge in [-0.25, -0.2) is 9.97 Å². The molecule has 0 aliphatic heterocycles. The highest BCUT2D eigenvalue weighted by atomic mass is 16.5. The summed E-state index contributed by atoms with van der Waals surface area (Å²) in [6, 6.07) is 13.9. The molecule has 3 aromatic rings. The molecule has 1 amide bonds. The van der Waals surface area contributed by atoms with Crippen molar-refractivity contribution in [2.45, 2.75) is 0 Å². The molecule has 31 heavy (non-hydrogen) atoms. The van der Waals surface area contributed by atoms with Crippen LogP contribution in [0.2, 0.25) is 0 Å². The molecule has 0 spiro atoms. The second kappa shape index (κ2) is 9.11. The number of carbonyl (C=O) groups excluding carboxylic acids is 1. The Bertz CT molecular complexity index is 1210. The van der Waals surface area contributed by atoms with Crippen LogP contribution in [0, 0.1) is 22.7 Å². The summed E-state index contributed by atoms with van der Waals surface area (Å²) in [6.07, 6.45) is 1.42. The number of benzene rings is 1. The summed E-state index contributed by atoms with van der Waals surface area (Å²) in [6.45, 7) is 0. The van der Waals surface area contributed by atoms with Crippen molar-refractivity contribution in [3.05, 3.63) is 59.3 Å². The Labute approximate surface area is 178 Å². The molecule has 2 heterocycles. The van der Waals surface area contributed by atoms with Crippen LogP contribution in [-0.4, -0.2) is 30.0 Å². The van der Waals surface area contributed by atoms with Gasteiger partial charge in [0.2, 0.25) is 0 Å². The lowest BCUT2D eigenvalue weighted by Crippen LogP contribution is -2.22. The van der Waals surface area contributed by atoms with Gasteiger partial charge in [0.25, 0.3) is 5.91 Å². The van der Waals surface area contributed by atoms with E-state index >= 15 is 0 Å². The van der Waals surface area contributed by atoms with E-state index in [-0.39, 0.29) is 11.4 Å². The predicted octanol–water partition coefficient (Wildman–Crippen LogP) is 2.66. The fourth-order valence-corrected chi connectivity index (χ4v) is 2.84. The monoisotopic (exact) mass is 414 g/mol. The summed E-state index contributed by atoms with van der Waals surface area (Å²) < 4.78 is 5.36. The summed E-state index contributed by atoms with van der Waals surface area (Å²) in [7, 11) is 2.93. The van der Waals surface area contributed by atoms with E-state index in [9.17, 15) is 10.1 Å². The Morgan fingerprint density at radius 2 is 1.90 bits per heavy atom. The van der Waals surface area contributed by atoms with Crippen LogP contribution in [0.25, 0.3) is 0 Å². The van der Waals surface area contributed by atoms with Crippen molar-refractivity contribution < 1.29 is 9.53 Å². The van der Waals surface area contributed by atoms with Gasteiger partial charge in [-0.3, -0.25) is 4.79 Å². The van der Waals surface area contributed by atoms with Crippen LogP contribution >= 0.6 is 0 Å². The normalized spacial score (nSPS) is 9.81. The summed E-state index contributed by atoms with van der Waals surface area (Å²) >= 11 is 0. The highest BCUT2D eigenvalue weighted by Crippen LogP contribution is 2.34. The Kier molecular flexibility index (Phi) is 6.14. The van der Waals surface area contributed by atoms with Crippen LogP contribution < -0.4 is 26.4 Å². The van der Waals surface area contributed by atoms with Gasteiger partial charge in [0, 0.05) is 19.3 Å². The van der Waals surface area contributed by atoms with Gasteiger partial charge in [-0.2, -0.15) is 10.5 Å². The van der Waals surface area contributed by atoms with Crippen LogP contribution in [-0.2, 0) is 0 Å². The number of anilines is 5. The lowest BCUT2D eigenvalue weighted by atomic mass is 10.1. The van der Waals surface area contributed by atoms with Crippen LogP contribution in [0.3, 0.4) is 0 Å². The van der Waals surface area contributed by atoms with Crippen molar-refractivity contribution in [2.24, 2.45) is 0 Å². The molecule has 0 aliphatic rings. The molecule has 0 radical (unpaired) electrons. The standard InChI is InChI=1S/C21H18N8O2/c1-25-21(30)18-15(27-14-5-3-4-13(10-23)19(14)31-2)8-17(29-20(18)24)28-16-7-6-12(9-22)11-26-16/h3-8,11H,1-2H3,(H,25,30)(H4,24,26,27,28,29). The number of hydrogen-bond donors (Lipinski definition) is 4. The maximum absolute atomic E-state index is 12.4. The Morgan fingerprint density at radius 1 is 1.10 bits per heavy atom. The minimum atomic E-state index is -0.439. The third-order valence-electron chi connectivity index (χ3n) is 4.26. The van der Waals surface area contributed by atoms with E-state index in [4.69, 9.17) is 15.7 Å². The summed E-state index contributed by atoms with van der Waals surface area (Å²) in [5.41, 5.74) is 7.77. The number of pyridine rings is 2. The van der Waals surface area contributed by atoms with Crippen molar-refractivity contribution in [2.75, 3.05) is 30.5 Å². The maximum atomic E-state index is 12.4. The molecule has 2 aromatic heterocycles. The first-order chi connectivity index (χ1) is 15.0. The molecule has 0 bridgehead atoms. The van der Waals surface area contributed by atoms with Crippen LogP contribution in [0.15, 0.2) is 42.6 Å². The topological polar surface area (TPSA) is 162 Å². The smallest absolute Gasteiger partial charge is 0.256 e. The van der Waals surface area contributed by atoms with E-state index < -0.39 is 5.91 Å². The van der Waals surface area contributed by atoms with E-state index in [2.05, 4.69) is 32.0 Å². The second-order valence-corrected chi connectivity index (χ2v) is 6.19. The Hall–Kier alpha value is -4.83. The molecule has 0 atom stereocenters. The number of methoxy groups -OCH3 is 1. The molecule has 5 N–H and O–H groups in total. The first-order valence-electron chi connectivity index (χ1n) is 9.00. The number of nitrogens with zero attached hydrogens (tertiary/aromatic N) is 4. The van der Waals surface area contributed by atoms with Gasteiger partial charge in [0.1, 0.15) is 35.2 Å². The zero-order valence-corrected chi connectivity index (χ0v) is 16.7. The molecular weight excluding hydrogens is 396 g/mol. The predicted molar refractivity (Wildman–Crippen MR) is 115 cm³/mol. The molecule has 1 aromatic carbocycles. The number of hydrogen-bond acceptors (Lipinski definition) is 9. The maximum Gasteiger partial charge on any atom is 0.256 e. The number of nitrogen functional groups attached to an aromatic ring is 1. The SMILES string of the molecule is CNC(=O)c1c(Nc2cccc(C#N)c2OC)cc(Nc2ccc(C#N)cn2)nc1N. The molecule has 0 aliphatic carbocycles. The van der Waals surface area contributed by atoms with E-state index in [1.807, 2.05) is 6.07 Å². The number of aromatic nitrogens is 2. The Balaban J connectivity index is 2.06. The van der Waals surface area contributed by atoms with Crippen molar-refractivity contribution in [3.8, 4) is 17.9 Å². The van der Waals surface area contributed by atoms with E-state index in [0.717, 1.165) is 0 Å². The minimum Gasteiger partial charge on any atom is -0.493 e. The third kappa shape index (κ3) is 4.44. The number of para-hydroxylation sites is 1. The number of rotatable bonds is 6. The van der Waals surface area contributed by atoms with E-state index in [1.54, 1.807) is 36.4 Å². The highest BCUT2D eigenvalue weighted by Gasteiger charge is 2.19. The minimum absolute atomic E-state index is 0.0177. The van der Waals surface area contributed by atoms with Crippen molar-refractivity contribution in [3.63, 3.8) is 0 Å². The van der Waals surface area contributed by atoms with E-state index in [0.29, 0.717) is 39.9 Å². The summed E-state index contributed by atoms with van der Waals surface area (Å²) in [5, 5.41) is 26.9. The highest BCUT2D eigenvalue weighted by molar-refractivity contribution is 6.05.